The van der Waals surface area contributed by atoms with E-state index in [2.05, 4.69) is 152 Å². The van der Waals surface area contributed by atoms with Gasteiger partial charge in [0.05, 0.1) is 16.9 Å². The van der Waals surface area contributed by atoms with Crippen molar-refractivity contribution in [1.29, 1.82) is 0 Å². The second-order valence-electron chi connectivity index (χ2n) is 13.4. The van der Waals surface area contributed by atoms with Crippen LogP contribution in [0.5, 0.6) is 0 Å². The van der Waals surface area contributed by atoms with E-state index in [-0.39, 0.29) is 5.41 Å². The fraction of sp³-hybridized carbons (Fsp3) is 0.0667. The van der Waals surface area contributed by atoms with Gasteiger partial charge in [0.15, 0.2) is 0 Å². The standard InChI is InChI=1S/C45H30N2/c1-45(2)38-25-32(37-24-27-9-3-4-11-34(27)35-12-5-6-13-36(35)37)22-30-16-17-31-23-33(26-39(45)44(31)43(30)38)42-15-7-14-41(47-42)29-18-19-40-28(21-29)10-8-20-46-40/h3-26H,1-2H3. The van der Waals surface area contributed by atoms with Crippen LogP contribution < -0.4 is 0 Å². The predicted molar refractivity (Wildman–Crippen MR) is 198 cm³/mol. The highest BCUT2D eigenvalue weighted by Gasteiger charge is 2.35. The van der Waals surface area contributed by atoms with Crippen LogP contribution in [0, 0.1) is 0 Å². The van der Waals surface area contributed by atoms with Crippen molar-refractivity contribution >= 4 is 54.0 Å². The number of hydrogen-bond acceptors (Lipinski definition) is 2. The number of benzene rings is 7. The van der Waals surface area contributed by atoms with Gasteiger partial charge in [0.2, 0.25) is 0 Å². The molecule has 0 unspecified atom stereocenters. The highest BCUT2D eigenvalue weighted by atomic mass is 14.7. The van der Waals surface area contributed by atoms with Crippen LogP contribution in [0.15, 0.2) is 146 Å². The third-order valence-electron chi connectivity index (χ3n) is 10.4. The molecule has 0 bridgehead atoms. The maximum atomic E-state index is 5.20. The van der Waals surface area contributed by atoms with E-state index in [4.69, 9.17) is 4.98 Å². The van der Waals surface area contributed by atoms with Crippen LogP contribution in [0.3, 0.4) is 0 Å². The molecule has 1 aliphatic carbocycles. The van der Waals surface area contributed by atoms with Crippen molar-refractivity contribution in [3.05, 3.63) is 157 Å². The Kier molecular flexibility index (Phi) is 5.37. The molecule has 9 aromatic rings. The fourth-order valence-electron chi connectivity index (χ4n) is 8.05. The van der Waals surface area contributed by atoms with Gasteiger partial charge < -0.3 is 0 Å². The monoisotopic (exact) mass is 598 g/mol. The smallest absolute Gasteiger partial charge is 0.0709 e. The summed E-state index contributed by atoms with van der Waals surface area (Å²) in [6.45, 7) is 4.77. The second kappa shape index (κ2) is 9.57. The number of pyridine rings is 2. The zero-order chi connectivity index (χ0) is 31.3. The van der Waals surface area contributed by atoms with Gasteiger partial charge in [0.1, 0.15) is 0 Å². The summed E-state index contributed by atoms with van der Waals surface area (Å²) in [4.78, 5) is 9.69. The van der Waals surface area contributed by atoms with Crippen molar-refractivity contribution in [2.75, 3.05) is 0 Å². The molecule has 0 amide bonds. The van der Waals surface area contributed by atoms with Crippen molar-refractivity contribution in [3.8, 4) is 33.6 Å². The van der Waals surface area contributed by atoms with Crippen LogP contribution in [0.25, 0.3) is 87.6 Å². The Bertz CT molecular complexity index is 2770. The fourth-order valence-corrected chi connectivity index (χ4v) is 8.05. The van der Waals surface area contributed by atoms with E-state index in [1.54, 1.807) is 0 Å². The zero-order valence-electron chi connectivity index (χ0n) is 26.3. The molecule has 47 heavy (non-hydrogen) atoms. The number of rotatable bonds is 3. The van der Waals surface area contributed by atoms with E-state index >= 15 is 0 Å². The van der Waals surface area contributed by atoms with Crippen LogP contribution in [0.2, 0.25) is 0 Å². The lowest BCUT2D eigenvalue weighted by Gasteiger charge is -2.23. The number of fused-ring (bicyclic) bond motifs is 4. The average Bonchev–Trinajstić information content (AvgIpc) is 3.36. The normalized spacial score (nSPS) is 13.5. The molecule has 2 heterocycles. The molecule has 2 aromatic heterocycles. The van der Waals surface area contributed by atoms with Crippen molar-refractivity contribution < 1.29 is 0 Å². The van der Waals surface area contributed by atoms with Gasteiger partial charge in [0.25, 0.3) is 0 Å². The lowest BCUT2D eigenvalue weighted by atomic mass is 9.80. The van der Waals surface area contributed by atoms with Crippen molar-refractivity contribution in [3.63, 3.8) is 0 Å². The van der Waals surface area contributed by atoms with E-state index in [9.17, 15) is 0 Å². The van der Waals surface area contributed by atoms with Crippen LogP contribution in [0.1, 0.15) is 25.0 Å². The molecule has 0 saturated carbocycles. The molecular formula is C45H30N2. The molecule has 0 saturated heterocycles. The van der Waals surface area contributed by atoms with Gasteiger partial charge in [-0.05, 0) is 126 Å². The summed E-state index contributed by atoms with van der Waals surface area (Å²) in [5, 5.41) is 11.6. The predicted octanol–water partition coefficient (Wildman–Crippen LogP) is 11.9. The molecular weight excluding hydrogens is 569 g/mol. The number of aromatic nitrogens is 2. The molecule has 7 aromatic carbocycles. The quantitative estimate of drug-likeness (QED) is 0.189. The Hall–Kier alpha value is -5.86. The van der Waals surface area contributed by atoms with Gasteiger partial charge in [-0.25, -0.2) is 4.98 Å². The molecule has 2 heteroatoms. The highest BCUT2D eigenvalue weighted by Crippen LogP contribution is 2.51. The number of nitrogens with zero attached hydrogens (tertiary/aromatic N) is 2. The van der Waals surface area contributed by atoms with Gasteiger partial charge in [-0.1, -0.05) is 92.7 Å². The van der Waals surface area contributed by atoms with Crippen LogP contribution in [-0.4, -0.2) is 9.97 Å². The van der Waals surface area contributed by atoms with Crippen LogP contribution >= 0.6 is 0 Å². The minimum atomic E-state index is -0.165. The van der Waals surface area contributed by atoms with Gasteiger partial charge in [0, 0.05) is 28.1 Å². The first-order chi connectivity index (χ1) is 23.0. The molecule has 1 aliphatic rings. The SMILES string of the molecule is CC1(C)c2cc(-c3cccc(-c4ccc5ncccc5c4)n3)cc3ccc4cc(-c5cc6ccccc6c6ccccc56)cc1c4c23. The minimum absolute atomic E-state index is 0.165. The minimum Gasteiger partial charge on any atom is -0.256 e. The Morgan fingerprint density at radius 2 is 1.09 bits per heavy atom. The summed E-state index contributed by atoms with van der Waals surface area (Å²) in [6, 6.07) is 51.0. The summed E-state index contributed by atoms with van der Waals surface area (Å²) >= 11 is 0. The Morgan fingerprint density at radius 1 is 0.447 bits per heavy atom. The summed E-state index contributed by atoms with van der Waals surface area (Å²) in [7, 11) is 0. The topological polar surface area (TPSA) is 25.8 Å². The van der Waals surface area contributed by atoms with Crippen molar-refractivity contribution in [1.82, 2.24) is 9.97 Å². The summed E-state index contributed by atoms with van der Waals surface area (Å²) in [5.41, 5.74) is 10.4. The number of hydrogen-bond donors (Lipinski definition) is 0. The Labute approximate surface area is 273 Å². The molecule has 10 rings (SSSR count). The van der Waals surface area contributed by atoms with Gasteiger partial charge in [-0.15, -0.1) is 0 Å². The van der Waals surface area contributed by atoms with Crippen LogP contribution in [0.4, 0.5) is 0 Å². The van der Waals surface area contributed by atoms with Gasteiger partial charge in [-0.2, -0.15) is 0 Å². The first kappa shape index (κ1) is 26.4. The van der Waals surface area contributed by atoms with Crippen LogP contribution in [-0.2, 0) is 5.41 Å². The maximum Gasteiger partial charge on any atom is 0.0709 e. The van der Waals surface area contributed by atoms with Crippen molar-refractivity contribution in [2.45, 2.75) is 19.3 Å². The van der Waals surface area contributed by atoms with E-state index in [0.717, 1.165) is 33.4 Å². The molecule has 0 atom stereocenters. The molecule has 220 valence electrons. The largest absolute Gasteiger partial charge is 0.256 e. The summed E-state index contributed by atoms with van der Waals surface area (Å²) in [5.74, 6) is 0. The second-order valence-corrected chi connectivity index (χ2v) is 13.4. The van der Waals surface area contributed by atoms with Crippen molar-refractivity contribution in [2.24, 2.45) is 0 Å². The molecule has 0 aliphatic heterocycles. The third-order valence-corrected chi connectivity index (χ3v) is 10.4. The van der Waals surface area contributed by atoms with E-state index in [1.165, 1.54) is 65.3 Å². The Balaban J connectivity index is 1.13. The third kappa shape index (κ3) is 3.85. The first-order valence-electron chi connectivity index (χ1n) is 16.3. The lowest BCUT2D eigenvalue weighted by Crippen LogP contribution is -2.15. The molecule has 2 nitrogen and oxygen atoms in total. The molecule has 0 fully saturated rings. The summed E-state index contributed by atoms with van der Waals surface area (Å²) < 4.78 is 0. The maximum absolute atomic E-state index is 5.20. The molecule has 0 radical (unpaired) electrons. The average molecular weight is 599 g/mol. The molecule has 0 N–H and O–H groups in total. The summed E-state index contributed by atoms with van der Waals surface area (Å²) in [6.07, 6.45) is 1.84. The van der Waals surface area contributed by atoms with E-state index < -0.39 is 0 Å². The van der Waals surface area contributed by atoms with E-state index in [1.807, 2.05) is 12.3 Å². The highest BCUT2D eigenvalue weighted by molar-refractivity contribution is 6.18. The molecule has 0 spiro atoms. The Morgan fingerprint density at radius 3 is 1.89 bits per heavy atom. The van der Waals surface area contributed by atoms with E-state index in [0.29, 0.717) is 0 Å². The lowest BCUT2D eigenvalue weighted by molar-refractivity contribution is 0.663. The zero-order valence-corrected chi connectivity index (χ0v) is 26.3. The van der Waals surface area contributed by atoms with Gasteiger partial charge >= 0.3 is 0 Å². The van der Waals surface area contributed by atoms with Gasteiger partial charge in [-0.3, -0.25) is 4.98 Å². The first-order valence-corrected chi connectivity index (χ1v) is 16.3.